The van der Waals surface area contributed by atoms with Gasteiger partial charge >= 0.3 is 131 Å². The number of halogens is 4. The van der Waals surface area contributed by atoms with Gasteiger partial charge in [-0.3, -0.25) is 0 Å². The molecule has 0 fully saturated rings. The Morgan fingerprint density at radius 3 is 2.25 bits per heavy atom. The van der Waals surface area contributed by atoms with E-state index in [9.17, 15) is 0 Å². The molecule has 0 saturated heterocycles. The summed E-state index contributed by atoms with van der Waals surface area (Å²) in [6.07, 6.45) is 6.93. The third-order valence-electron chi connectivity index (χ3n) is 2.97. The molecule has 0 amide bonds. The van der Waals surface area contributed by atoms with Crippen LogP contribution in [0.1, 0.15) is 6.92 Å². The maximum absolute atomic E-state index is 2.55. The van der Waals surface area contributed by atoms with Crippen LogP contribution in [0, 0.1) is 0 Å². The molecule has 0 radical (unpaired) electrons. The van der Waals surface area contributed by atoms with Crippen LogP contribution in [0.5, 0.6) is 0 Å². The van der Waals surface area contributed by atoms with Crippen LogP contribution in [0.15, 0.2) is 65.4 Å². The van der Waals surface area contributed by atoms with E-state index in [-0.39, 0.29) is 38.5 Å². The second-order valence-corrected chi connectivity index (χ2v) is 10.4. The summed E-state index contributed by atoms with van der Waals surface area (Å²) >= 11 is 4.05. The summed E-state index contributed by atoms with van der Waals surface area (Å²) in [5.41, 5.74) is 5.34. The summed E-state index contributed by atoms with van der Waals surface area (Å²) < 4.78 is 0.115. The average molecular weight is 521 g/mol. The molecule has 1 aliphatic carbocycles. The molecule has 3 rings (SSSR count). The van der Waals surface area contributed by atoms with Crippen molar-refractivity contribution in [3.05, 3.63) is 65.4 Å². The Bertz CT molecular complexity index is 567. The average Bonchev–Trinajstić information content (AvgIpc) is 2.70. The summed E-state index contributed by atoms with van der Waals surface area (Å²) in [5.74, 6) is 0. The molecule has 2 aliphatic rings. The van der Waals surface area contributed by atoms with Crippen molar-refractivity contribution in [3.63, 3.8) is 0 Å². The molecule has 1 atom stereocenters. The number of anilines is 1. The molecule has 1 unspecified atom stereocenters. The molecule has 0 spiro atoms. The Labute approximate surface area is 167 Å². The van der Waals surface area contributed by atoms with Gasteiger partial charge in [0.25, 0.3) is 0 Å². The van der Waals surface area contributed by atoms with Crippen LogP contribution in [0.25, 0.3) is 0 Å². The Hall–Kier alpha value is 0.723. The van der Waals surface area contributed by atoms with Gasteiger partial charge in [0.05, 0.1) is 0 Å². The molecule has 1 nitrogen and oxygen atoms in total. The van der Waals surface area contributed by atoms with Gasteiger partial charge in [-0.05, 0) is 0 Å². The van der Waals surface area contributed by atoms with Gasteiger partial charge < -0.3 is 0 Å². The monoisotopic (exact) mass is 518 g/mol. The number of hydrogen-bond acceptors (Lipinski definition) is 1. The minimum Gasteiger partial charge on any atom is -0.147 e. The standard InChI is InChI=1S/C14H11IN.3ClH.Zr/c1-10-7-11-9-14(15)16(13(11)8-10)12-5-3-2-4-6-12;;;;/h2-9H,1H3;3*1H;. The van der Waals surface area contributed by atoms with E-state index in [0.29, 0.717) is 0 Å². The first-order valence-electron chi connectivity index (χ1n) is 5.50. The van der Waals surface area contributed by atoms with Crippen LogP contribution in [0.2, 0.25) is 0 Å². The maximum Gasteiger partial charge on any atom is -0.147 e. The van der Waals surface area contributed by atoms with Gasteiger partial charge in [0, 0.05) is 0 Å². The maximum atomic E-state index is 2.55. The molecule has 0 saturated carbocycles. The molecule has 0 N–H and O–H groups in total. The third-order valence-corrected chi connectivity index (χ3v) is 4.67. The fourth-order valence-corrected chi connectivity index (χ4v) is 4.19. The molecule has 1 heterocycles. The predicted molar refractivity (Wildman–Crippen MR) is 97.3 cm³/mol. The number of hydrogen-bond donors (Lipinski definition) is 0. The minimum absolute atomic E-state index is 0. The van der Waals surface area contributed by atoms with E-state index >= 15 is 0 Å². The zero-order valence-corrected chi connectivity index (χ0v) is 17.7. The molecule has 107 valence electrons. The van der Waals surface area contributed by atoms with E-state index in [0.717, 1.165) is 0 Å². The largest absolute Gasteiger partial charge is 0.147 e. The molecule has 0 aromatic heterocycles. The topological polar surface area (TPSA) is 3.24 Å². The van der Waals surface area contributed by atoms with E-state index < -0.39 is 0 Å². The fourth-order valence-electron chi connectivity index (χ4n) is 2.32. The predicted octanol–water partition coefficient (Wildman–Crippen LogP) is 5.18. The van der Waals surface area contributed by atoms with Crippen molar-refractivity contribution in [2.24, 2.45) is 0 Å². The number of alkyl halides is 1. The molecule has 1 aliphatic heterocycles. The Morgan fingerprint density at radius 2 is 1.65 bits per heavy atom. The van der Waals surface area contributed by atoms with Gasteiger partial charge in [-0.2, -0.15) is 0 Å². The van der Waals surface area contributed by atoms with Gasteiger partial charge in [0.1, 0.15) is 0 Å². The number of nitrogens with zero attached hydrogens (tertiary/aromatic N) is 1. The van der Waals surface area contributed by atoms with Crippen LogP contribution in [0.3, 0.4) is 0 Å². The summed E-state index contributed by atoms with van der Waals surface area (Å²) in [6.45, 7) is 2.16. The van der Waals surface area contributed by atoms with E-state index in [2.05, 4.69) is 83.0 Å². The molecule has 1 aromatic carbocycles. The number of para-hydroxylation sites is 1. The fraction of sp³-hybridized carbons (Fsp3) is 0.143. The van der Waals surface area contributed by atoms with E-state index in [1.54, 1.807) is 0 Å². The molecule has 1 aromatic rings. The molecular weight excluding hydrogens is 507 g/mol. The van der Waals surface area contributed by atoms with E-state index in [1.807, 2.05) is 0 Å². The van der Waals surface area contributed by atoms with Crippen molar-refractivity contribution in [2.45, 2.75) is 8.18 Å². The first kappa shape index (κ1) is 20.7. The molecule has 20 heavy (non-hydrogen) atoms. The molecular formula is C14H14Cl3INZr. The van der Waals surface area contributed by atoms with Crippen LogP contribution in [-0.4, -0.2) is 1.25 Å². The van der Waals surface area contributed by atoms with Crippen molar-refractivity contribution >= 4 is 65.5 Å². The second kappa shape index (κ2) is 7.83. The van der Waals surface area contributed by atoms with Crippen LogP contribution in [-0.2, 0) is 24.7 Å². The van der Waals surface area contributed by atoms with Gasteiger partial charge in [-0.1, -0.05) is 0 Å². The number of allylic oxidation sites excluding steroid dienone is 3. The SMILES string of the molecule is CC1=CC2=C[C]([Zr])(I)N(c3ccccc3)C2=C1.Cl.Cl.Cl. The van der Waals surface area contributed by atoms with Crippen molar-refractivity contribution in [2.75, 3.05) is 4.90 Å². The summed E-state index contributed by atoms with van der Waals surface area (Å²) in [5, 5.41) is 0. The summed E-state index contributed by atoms with van der Waals surface area (Å²) in [4.78, 5) is 2.44. The van der Waals surface area contributed by atoms with Gasteiger partial charge in [0.2, 0.25) is 0 Å². The summed E-state index contributed by atoms with van der Waals surface area (Å²) in [7, 11) is 0. The quantitative estimate of drug-likeness (QED) is 0.280. The third kappa shape index (κ3) is 3.73. The molecule has 6 heteroatoms. The molecule has 0 bridgehead atoms. The van der Waals surface area contributed by atoms with Crippen molar-refractivity contribution in [3.8, 4) is 0 Å². The van der Waals surface area contributed by atoms with Gasteiger partial charge in [-0.25, -0.2) is 0 Å². The van der Waals surface area contributed by atoms with E-state index in [4.69, 9.17) is 0 Å². The second-order valence-electron chi connectivity index (χ2n) is 4.36. The van der Waals surface area contributed by atoms with Crippen LogP contribution >= 0.6 is 59.8 Å². The van der Waals surface area contributed by atoms with Crippen LogP contribution < -0.4 is 4.90 Å². The number of rotatable bonds is 1. The first-order valence-corrected chi connectivity index (χ1v) is 7.81. The smallest absolute Gasteiger partial charge is 0.147 e. The van der Waals surface area contributed by atoms with Crippen molar-refractivity contribution in [1.82, 2.24) is 0 Å². The zero-order valence-electron chi connectivity index (χ0n) is 10.7. The normalized spacial score (nSPS) is 22.4. The first-order chi connectivity index (χ1) is 8.08. The van der Waals surface area contributed by atoms with Crippen molar-refractivity contribution < 1.29 is 24.7 Å². The van der Waals surface area contributed by atoms with E-state index in [1.165, 1.54) is 47.2 Å². The number of benzene rings is 1. The number of fused-ring (bicyclic) bond motifs is 1. The summed E-state index contributed by atoms with van der Waals surface area (Å²) in [6, 6.07) is 10.6. The van der Waals surface area contributed by atoms with Gasteiger partial charge in [-0.15, -0.1) is 37.2 Å². The van der Waals surface area contributed by atoms with Crippen molar-refractivity contribution in [1.29, 1.82) is 0 Å². The zero-order chi connectivity index (χ0) is 12.0. The van der Waals surface area contributed by atoms with Gasteiger partial charge in [0.15, 0.2) is 0 Å². The Morgan fingerprint density at radius 1 is 1.05 bits per heavy atom. The van der Waals surface area contributed by atoms with Crippen LogP contribution in [0.4, 0.5) is 5.69 Å². The Kier molecular flexibility index (Phi) is 8.11. The Balaban J connectivity index is 0.00000120. The minimum atomic E-state index is 0.